The van der Waals surface area contributed by atoms with E-state index >= 15 is 0 Å². The predicted molar refractivity (Wildman–Crippen MR) is 101 cm³/mol. The third kappa shape index (κ3) is 5.24. The van der Waals surface area contributed by atoms with E-state index in [4.69, 9.17) is 4.74 Å². The van der Waals surface area contributed by atoms with Gasteiger partial charge in [-0.15, -0.1) is 0 Å². The molecule has 144 valence electrons. The van der Waals surface area contributed by atoms with E-state index in [1.54, 1.807) is 11.6 Å². The molecule has 0 N–H and O–H groups in total. The number of fused-ring (bicyclic) bond motifs is 1. The van der Waals surface area contributed by atoms with Crippen LogP contribution in [0, 0.1) is 13.8 Å². The van der Waals surface area contributed by atoms with Gasteiger partial charge in [0, 0.05) is 44.6 Å². The molecule has 2 rings (SSSR count). The van der Waals surface area contributed by atoms with E-state index in [1.807, 2.05) is 18.7 Å². The zero-order valence-corrected chi connectivity index (χ0v) is 16.5. The van der Waals surface area contributed by atoms with Crippen LogP contribution in [0.5, 0.6) is 0 Å². The summed E-state index contributed by atoms with van der Waals surface area (Å²) in [5, 5.41) is 4.22. The van der Waals surface area contributed by atoms with Crippen LogP contribution >= 0.6 is 0 Å². The molecule has 0 aliphatic heterocycles. The minimum Gasteiger partial charge on any atom is -0.385 e. The fourth-order valence-corrected chi connectivity index (χ4v) is 3.22. The van der Waals surface area contributed by atoms with Gasteiger partial charge in [-0.3, -0.25) is 4.79 Å². The van der Waals surface area contributed by atoms with E-state index < -0.39 is 0 Å². The number of carbonyl (C=O) groups excluding carboxylic acids is 1. The highest BCUT2D eigenvalue weighted by molar-refractivity contribution is 5.76. The summed E-state index contributed by atoms with van der Waals surface area (Å²) in [4.78, 5) is 23.4. The normalized spacial score (nSPS) is 11.2. The molecule has 0 saturated carbocycles. The first-order valence-electron chi connectivity index (χ1n) is 9.51. The van der Waals surface area contributed by atoms with Crippen molar-refractivity contribution in [2.75, 3.05) is 26.8 Å². The van der Waals surface area contributed by atoms with E-state index in [0.717, 1.165) is 55.7 Å². The van der Waals surface area contributed by atoms with Crippen molar-refractivity contribution in [1.29, 1.82) is 0 Å². The topological polar surface area (TPSA) is 72.6 Å². The van der Waals surface area contributed by atoms with Gasteiger partial charge in [-0.1, -0.05) is 19.8 Å². The summed E-state index contributed by atoms with van der Waals surface area (Å²) in [5.74, 6) is 0.811. The molecule has 7 nitrogen and oxygen atoms in total. The van der Waals surface area contributed by atoms with Crippen molar-refractivity contribution in [1.82, 2.24) is 24.5 Å². The number of unbranched alkanes of at least 4 members (excludes halogenated alkanes) is 2. The van der Waals surface area contributed by atoms with Crippen molar-refractivity contribution in [3.05, 3.63) is 23.3 Å². The number of ether oxygens (including phenoxy) is 1. The second-order valence-electron chi connectivity index (χ2n) is 6.67. The zero-order chi connectivity index (χ0) is 18.9. The van der Waals surface area contributed by atoms with Crippen LogP contribution in [-0.4, -0.2) is 57.2 Å². The minimum absolute atomic E-state index is 0.203. The number of aromatic nitrogens is 4. The number of hydrogen-bond donors (Lipinski definition) is 0. The second-order valence-corrected chi connectivity index (χ2v) is 6.67. The van der Waals surface area contributed by atoms with Gasteiger partial charge in [0.1, 0.15) is 6.33 Å². The Labute approximate surface area is 155 Å². The second kappa shape index (κ2) is 10.2. The Balaban J connectivity index is 2.01. The van der Waals surface area contributed by atoms with Crippen LogP contribution in [0.25, 0.3) is 5.78 Å². The summed E-state index contributed by atoms with van der Waals surface area (Å²) < 4.78 is 6.87. The first-order chi connectivity index (χ1) is 12.6. The number of rotatable bonds is 11. The molecule has 0 atom stereocenters. The van der Waals surface area contributed by atoms with Crippen LogP contribution < -0.4 is 0 Å². The van der Waals surface area contributed by atoms with Gasteiger partial charge in [0.05, 0.1) is 0 Å². The Morgan fingerprint density at radius 1 is 1.23 bits per heavy atom. The van der Waals surface area contributed by atoms with Crippen LogP contribution in [0.1, 0.15) is 56.0 Å². The number of carbonyl (C=O) groups is 1. The van der Waals surface area contributed by atoms with Gasteiger partial charge in [0.15, 0.2) is 0 Å². The molecule has 2 aromatic heterocycles. The van der Waals surface area contributed by atoms with Crippen LogP contribution in [0.3, 0.4) is 0 Å². The van der Waals surface area contributed by atoms with Crippen molar-refractivity contribution in [2.45, 2.75) is 59.3 Å². The van der Waals surface area contributed by atoms with Crippen LogP contribution in [0.4, 0.5) is 0 Å². The first kappa shape index (κ1) is 20.3. The van der Waals surface area contributed by atoms with Gasteiger partial charge in [-0.05, 0) is 38.7 Å². The Morgan fingerprint density at radius 3 is 2.73 bits per heavy atom. The molecular weight excluding hydrogens is 330 g/mol. The number of methoxy groups -OCH3 is 1. The molecule has 26 heavy (non-hydrogen) atoms. The van der Waals surface area contributed by atoms with E-state index in [1.165, 1.54) is 6.33 Å². The molecule has 7 heteroatoms. The van der Waals surface area contributed by atoms with E-state index in [0.29, 0.717) is 25.2 Å². The van der Waals surface area contributed by atoms with Crippen molar-refractivity contribution >= 4 is 11.7 Å². The Kier molecular flexibility index (Phi) is 7.97. The molecule has 0 fully saturated rings. The zero-order valence-electron chi connectivity index (χ0n) is 16.5. The Morgan fingerprint density at radius 2 is 2.00 bits per heavy atom. The Hall–Kier alpha value is -2.02. The monoisotopic (exact) mass is 361 g/mol. The molecule has 0 aliphatic rings. The standard InChI is InChI=1S/C19H31N5O2/c1-5-6-7-11-23(12-8-13-26-4)18(25)10-9-17-15(2)22-19-20-14-21-24(19)16(17)3/h14H,5-13H2,1-4H3. The predicted octanol–water partition coefficient (Wildman–Crippen LogP) is 2.73. The SMILES string of the molecule is CCCCCN(CCCOC)C(=O)CCc1c(C)nc2ncnn2c1C. The fraction of sp³-hybridized carbons (Fsp3) is 0.684. The average molecular weight is 361 g/mol. The highest BCUT2D eigenvalue weighted by Gasteiger charge is 2.16. The summed E-state index contributed by atoms with van der Waals surface area (Å²) in [5.41, 5.74) is 3.02. The van der Waals surface area contributed by atoms with Crippen LogP contribution in [0.15, 0.2) is 6.33 Å². The highest BCUT2D eigenvalue weighted by atomic mass is 16.5. The summed E-state index contributed by atoms with van der Waals surface area (Å²) in [6, 6.07) is 0. The lowest BCUT2D eigenvalue weighted by atomic mass is 10.1. The number of nitrogens with zero attached hydrogens (tertiary/aromatic N) is 5. The van der Waals surface area contributed by atoms with Crippen molar-refractivity contribution in [3.8, 4) is 0 Å². The lowest BCUT2D eigenvalue weighted by Gasteiger charge is -2.23. The van der Waals surface area contributed by atoms with Crippen LogP contribution in [-0.2, 0) is 16.0 Å². The van der Waals surface area contributed by atoms with Crippen molar-refractivity contribution in [2.24, 2.45) is 0 Å². The third-order valence-corrected chi connectivity index (χ3v) is 4.74. The van der Waals surface area contributed by atoms with Gasteiger partial charge in [0.25, 0.3) is 5.78 Å². The summed E-state index contributed by atoms with van der Waals surface area (Å²) in [7, 11) is 1.70. The maximum atomic E-state index is 12.8. The largest absolute Gasteiger partial charge is 0.385 e. The van der Waals surface area contributed by atoms with Gasteiger partial charge in [0.2, 0.25) is 5.91 Å². The minimum atomic E-state index is 0.203. The maximum absolute atomic E-state index is 12.8. The molecule has 0 spiro atoms. The summed E-state index contributed by atoms with van der Waals surface area (Å²) >= 11 is 0. The third-order valence-electron chi connectivity index (χ3n) is 4.74. The molecule has 0 aromatic carbocycles. The first-order valence-corrected chi connectivity index (χ1v) is 9.51. The summed E-state index contributed by atoms with van der Waals surface area (Å²) in [6.07, 6.45) is 6.91. The van der Waals surface area contributed by atoms with Crippen molar-refractivity contribution < 1.29 is 9.53 Å². The molecule has 0 saturated heterocycles. The van der Waals surface area contributed by atoms with Crippen LogP contribution in [0.2, 0.25) is 0 Å². The van der Waals surface area contributed by atoms with Gasteiger partial charge in [-0.25, -0.2) is 9.50 Å². The average Bonchev–Trinajstić information content (AvgIpc) is 3.08. The quantitative estimate of drug-likeness (QED) is 0.576. The molecule has 0 bridgehead atoms. The van der Waals surface area contributed by atoms with E-state index in [9.17, 15) is 4.79 Å². The number of aryl methyl sites for hydroxylation is 2. The maximum Gasteiger partial charge on any atom is 0.252 e. The number of amides is 1. The molecule has 0 aliphatic carbocycles. The Bertz CT molecular complexity index is 703. The summed E-state index contributed by atoms with van der Waals surface area (Å²) in [6.45, 7) is 8.43. The van der Waals surface area contributed by atoms with Gasteiger partial charge < -0.3 is 9.64 Å². The molecule has 2 aromatic rings. The molecule has 0 unspecified atom stereocenters. The lowest BCUT2D eigenvalue weighted by Crippen LogP contribution is -2.33. The van der Waals surface area contributed by atoms with Gasteiger partial charge in [-0.2, -0.15) is 10.1 Å². The lowest BCUT2D eigenvalue weighted by molar-refractivity contribution is -0.131. The smallest absolute Gasteiger partial charge is 0.252 e. The van der Waals surface area contributed by atoms with E-state index in [-0.39, 0.29) is 5.91 Å². The highest BCUT2D eigenvalue weighted by Crippen LogP contribution is 2.16. The molecule has 1 amide bonds. The molecular formula is C19H31N5O2. The molecule has 2 heterocycles. The van der Waals surface area contributed by atoms with Crippen molar-refractivity contribution in [3.63, 3.8) is 0 Å². The molecule has 0 radical (unpaired) electrons. The fourth-order valence-electron chi connectivity index (χ4n) is 3.22. The van der Waals surface area contributed by atoms with Gasteiger partial charge >= 0.3 is 0 Å². The van der Waals surface area contributed by atoms with E-state index in [2.05, 4.69) is 22.0 Å². The number of hydrogen-bond acceptors (Lipinski definition) is 5.